The number of nitrogens with one attached hydrogen (secondary N) is 2. The Labute approximate surface area is 147 Å². The van der Waals surface area contributed by atoms with Crippen molar-refractivity contribution >= 4 is 11.9 Å². The summed E-state index contributed by atoms with van der Waals surface area (Å²) in [6.07, 6.45) is 3.44. The van der Waals surface area contributed by atoms with E-state index in [-0.39, 0.29) is 24.6 Å². The lowest BCUT2D eigenvalue weighted by atomic mass is 9.84. The fourth-order valence-electron chi connectivity index (χ4n) is 3.26. The zero-order valence-electron chi connectivity index (χ0n) is 14.6. The van der Waals surface area contributed by atoms with Crippen LogP contribution in [-0.4, -0.2) is 37.5 Å². The van der Waals surface area contributed by atoms with Gasteiger partial charge in [0.25, 0.3) is 0 Å². The molecule has 1 aliphatic rings. The summed E-state index contributed by atoms with van der Waals surface area (Å²) in [5.41, 5.74) is 0.0292. The molecule has 7 heteroatoms. The van der Waals surface area contributed by atoms with Crippen molar-refractivity contribution in [2.45, 2.75) is 32.2 Å². The molecule has 1 aromatic carbocycles. The van der Waals surface area contributed by atoms with E-state index in [1.807, 2.05) is 6.07 Å². The van der Waals surface area contributed by atoms with Crippen LogP contribution in [0.5, 0.6) is 0 Å². The first-order chi connectivity index (χ1) is 11.9. The van der Waals surface area contributed by atoms with Crippen molar-refractivity contribution in [3.05, 3.63) is 35.1 Å². The van der Waals surface area contributed by atoms with Gasteiger partial charge in [-0.1, -0.05) is 12.8 Å². The summed E-state index contributed by atoms with van der Waals surface area (Å²) in [5.74, 6) is -0.451. The predicted octanol–water partition coefficient (Wildman–Crippen LogP) is 2.15. The molecule has 1 aliphatic carbocycles. The van der Waals surface area contributed by atoms with E-state index in [9.17, 15) is 14.0 Å². The molecule has 0 heterocycles. The summed E-state index contributed by atoms with van der Waals surface area (Å²) >= 11 is 0. The van der Waals surface area contributed by atoms with Crippen molar-refractivity contribution in [3.8, 4) is 6.07 Å². The number of nitriles is 1. The number of hydrogen-bond donors (Lipinski definition) is 2. The third-order valence-corrected chi connectivity index (χ3v) is 4.62. The maximum Gasteiger partial charge on any atom is 0.315 e. The van der Waals surface area contributed by atoms with Crippen molar-refractivity contribution in [1.29, 1.82) is 5.26 Å². The van der Waals surface area contributed by atoms with E-state index in [1.165, 1.54) is 18.2 Å². The van der Waals surface area contributed by atoms with E-state index in [1.54, 1.807) is 19.0 Å². The molecule has 0 aromatic heterocycles. The van der Waals surface area contributed by atoms with Gasteiger partial charge in [0.2, 0.25) is 5.91 Å². The Morgan fingerprint density at radius 1 is 1.28 bits per heavy atom. The summed E-state index contributed by atoms with van der Waals surface area (Å²) in [6, 6.07) is 5.47. The zero-order chi connectivity index (χ0) is 18.4. The van der Waals surface area contributed by atoms with E-state index >= 15 is 0 Å². The second kappa shape index (κ2) is 7.97. The monoisotopic (exact) mass is 346 g/mol. The topological polar surface area (TPSA) is 85.2 Å². The van der Waals surface area contributed by atoms with Crippen LogP contribution in [0.25, 0.3) is 0 Å². The first-order valence-corrected chi connectivity index (χ1v) is 8.30. The summed E-state index contributed by atoms with van der Waals surface area (Å²) in [5, 5.41) is 14.2. The first-order valence-electron chi connectivity index (χ1n) is 8.30. The SMILES string of the molecule is CN(C)C(=O)C1(CNC(=O)NCc2cc(C#N)ccc2F)CCCC1. The molecule has 134 valence electrons. The molecule has 25 heavy (non-hydrogen) atoms. The van der Waals surface area contributed by atoms with Crippen molar-refractivity contribution < 1.29 is 14.0 Å². The highest BCUT2D eigenvalue weighted by Crippen LogP contribution is 2.38. The molecule has 0 atom stereocenters. The highest BCUT2D eigenvalue weighted by molar-refractivity contribution is 5.84. The van der Waals surface area contributed by atoms with Gasteiger partial charge in [-0.25, -0.2) is 9.18 Å². The molecule has 1 aromatic rings. The molecule has 3 amide bonds. The number of hydrogen-bond acceptors (Lipinski definition) is 3. The maximum absolute atomic E-state index is 13.7. The van der Waals surface area contributed by atoms with Gasteiger partial charge in [-0.3, -0.25) is 4.79 Å². The maximum atomic E-state index is 13.7. The minimum absolute atomic E-state index is 0.0260. The van der Waals surface area contributed by atoms with Gasteiger partial charge in [0.15, 0.2) is 0 Å². The molecule has 0 saturated heterocycles. The number of benzene rings is 1. The van der Waals surface area contributed by atoms with E-state index in [2.05, 4.69) is 10.6 Å². The summed E-state index contributed by atoms with van der Waals surface area (Å²) in [7, 11) is 3.43. The van der Waals surface area contributed by atoms with Crippen LogP contribution in [0.1, 0.15) is 36.8 Å². The van der Waals surface area contributed by atoms with E-state index < -0.39 is 17.3 Å². The van der Waals surface area contributed by atoms with Crippen LogP contribution in [0.3, 0.4) is 0 Å². The molecule has 1 saturated carbocycles. The van der Waals surface area contributed by atoms with Gasteiger partial charge in [-0.05, 0) is 31.0 Å². The predicted molar refractivity (Wildman–Crippen MR) is 90.9 cm³/mol. The quantitative estimate of drug-likeness (QED) is 0.856. The number of urea groups is 1. The Morgan fingerprint density at radius 2 is 1.96 bits per heavy atom. The van der Waals surface area contributed by atoms with Gasteiger partial charge < -0.3 is 15.5 Å². The number of rotatable bonds is 5. The standard InChI is InChI=1S/C18H23FN4O2/c1-23(2)16(24)18(7-3-4-8-18)12-22-17(25)21-11-14-9-13(10-20)5-6-15(14)19/h5-6,9H,3-4,7-8,11-12H2,1-2H3,(H2,21,22,25). The second-order valence-corrected chi connectivity index (χ2v) is 6.64. The number of carbonyl (C=O) groups is 2. The fourth-order valence-corrected chi connectivity index (χ4v) is 3.26. The van der Waals surface area contributed by atoms with Crippen molar-refractivity contribution in [2.75, 3.05) is 20.6 Å². The van der Waals surface area contributed by atoms with Gasteiger partial charge >= 0.3 is 6.03 Å². The van der Waals surface area contributed by atoms with Gasteiger partial charge in [0, 0.05) is 32.7 Å². The van der Waals surface area contributed by atoms with Crippen LogP contribution >= 0.6 is 0 Å². The molecule has 6 nitrogen and oxygen atoms in total. The molecule has 0 unspecified atom stereocenters. The van der Waals surface area contributed by atoms with Crippen LogP contribution < -0.4 is 10.6 Å². The summed E-state index contributed by atoms with van der Waals surface area (Å²) in [4.78, 5) is 26.1. The third-order valence-electron chi connectivity index (χ3n) is 4.62. The van der Waals surface area contributed by atoms with Gasteiger partial charge in [0.1, 0.15) is 5.82 Å². The van der Waals surface area contributed by atoms with Crippen molar-refractivity contribution in [1.82, 2.24) is 15.5 Å². The smallest absolute Gasteiger partial charge is 0.315 e. The molecule has 2 rings (SSSR count). The number of amides is 3. The minimum Gasteiger partial charge on any atom is -0.348 e. The first kappa shape index (κ1) is 18.7. The van der Waals surface area contributed by atoms with Crippen LogP contribution in [0, 0.1) is 22.6 Å². The Bertz CT molecular complexity index is 691. The molecule has 0 radical (unpaired) electrons. The number of halogens is 1. The Morgan fingerprint density at radius 3 is 2.56 bits per heavy atom. The Kier molecular flexibility index (Phi) is 5.97. The van der Waals surface area contributed by atoms with Gasteiger partial charge in [0.05, 0.1) is 17.0 Å². The average Bonchev–Trinajstić information content (AvgIpc) is 3.08. The lowest BCUT2D eigenvalue weighted by Crippen LogP contribution is -2.48. The van der Waals surface area contributed by atoms with E-state index in [4.69, 9.17) is 5.26 Å². The van der Waals surface area contributed by atoms with Crippen LogP contribution in [0.15, 0.2) is 18.2 Å². The normalized spacial score (nSPS) is 15.3. The van der Waals surface area contributed by atoms with Crippen LogP contribution in [0.4, 0.5) is 9.18 Å². The number of nitrogens with zero attached hydrogens (tertiary/aromatic N) is 2. The largest absolute Gasteiger partial charge is 0.348 e. The van der Waals surface area contributed by atoms with E-state index in [0.29, 0.717) is 5.56 Å². The highest BCUT2D eigenvalue weighted by Gasteiger charge is 2.42. The van der Waals surface area contributed by atoms with Crippen LogP contribution in [-0.2, 0) is 11.3 Å². The Balaban J connectivity index is 1.92. The third kappa shape index (κ3) is 4.47. The molecule has 0 bridgehead atoms. The second-order valence-electron chi connectivity index (χ2n) is 6.64. The summed E-state index contributed by atoms with van der Waals surface area (Å²) < 4.78 is 13.7. The summed E-state index contributed by atoms with van der Waals surface area (Å²) in [6.45, 7) is 0.235. The number of carbonyl (C=O) groups excluding carboxylic acids is 2. The van der Waals surface area contributed by atoms with Gasteiger partial charge in [-0.2, -0.15) is 5.26 Å². The zero-order valence-corrected chi connectivity index (χ0v) is 14.6. The molecule has 2 N–H and O–H groups in total. The van der Waals surface area contributed by atoms with E-state index in [0.717, 1.165) is 25.7 Å². The fraction of sp³-hybridized carbons (Fsp3) is 0.500. The molecule has 0 aliphatic heterocycles. The molecular formula is C18H23FN4O2. The lowest BCUT2D eigenvalue weighted by Gasteiger charge is -2.30. The molecular weight excluding hydrogens is 323 g/mol. The van der Waals surface area contributed by atoms with Crippen molar-refractivity contribution in [2.24, 2.45) is 5.41 Å². The minimum atomic E-state index is -0.549. The van der Waals surface area contributed by atoms with Gasteiger partial charge in [-0.15, -0.1) is 0 Å². The molecule has 1 fully saturated rings. The van der Waals surface area contributed by atoms with Crippen LogP contribution in [0.2, 0.25) is 0 Å². The lowest BCUT2D eigenvalue weighted by molar-refractivity contribution is -0.138. The average molecular weight is 346 g/mol. The highest BCUT2D eigenvalue weighted by atomic mass is 19.1. The Hall–Kier alpha value is -2.62. The molecule has 0 spiro atoms. The van der Waals surface area contributed by atoms with Crippen molar-refractivity contribution in [3.63, 3.8) is 0 Å².